The van der Waals surface area contributed by atoms with Gasteiger partial charge in [0.2, 0.25) is 0 Å². The number of likely N-dealkylation sites (tertiary alicyclic amines) is 1. The summed E-state index contributed by atoms with van der Waals surface area (Å²) in [5, 5.41) is 7.27. The number of anilines is 1. The maximum Gasteiger partial charge on any atom is 0.350 e. The van der Waals surface area contributed by atoms with E-state index < -0.39 is 5.97 Å². The average molecular weight is 430 g/mol. The van der Waals surface area contributed by atoms with Crippen LogP contribution in [0.3, 0.4) is 0 Å². The molecule has 0 aromatic carbocycles. The number of hydrogen-bond acceptors (Lipinski definition) is 7. The Morgan fingerprint density at radius 2 is 1.97 bits per heavy atom. The second-order valence-corrected chi connectivity index (χ2v) is 8.89. The Kier molecular flexibility index (Phi) is 6.22. The molecule has 6 nitrogen and oxygen atoms in total. The molecule has 3 aromatic rings. The number of nitrogens with zero attached hydrogens (tertiary/aromatic N) is 2. The molecule has 152 valence electrons. The van der Waals surface area contributed by atoms with Crippen LogP contribution < -0.4 is 5.32 Å². The Morgan fingerprint density at radius 3 is 2.66 bits per heavy atom. The number of hydrogen-bond donors (Lipinski definition) is 1. The zero-order valence-electron chi connectivity index (χ0n) is 16.3. The molecule has 0 radical (unpaired) electrons. The Labute approximate surface area is 177 Å². The van der Waals surface area contributed by atoms with Crippen LogP contribution in [0.4, 0.5) is 5.69 Å². The maximum absolute atomic E-state index is 12.6. The third-order valence-corrected chi connectivity index (χ3v) is 6.85. The zero-order valence-corrected chi connectivity index (χ0v) is 17.9. The fourth-order valence-corrected chi connectivity index (χ4v) is 5.27. The van der Waals surface area contributed by atoms with Gasteiger partial charge in [-0.1, -0.05) is 12.8 Å². The van der Waals surface area contributed by atoms with Gasteiger partial charge in [0.15, 0.2) is 0 Å². The van der Waals surface area contributed by atoms with Crippen molar-refractivity contribution in [1.82, 2.24) is 9.88 Å². The molecule has 0 atom stereocenters. The summed E-state index contributed by atoms with van der Waals surface area (Å²) in [7, 11) is 1.34. The Hall–Kier alpha value is -2.29. The summed E-state index contributed by atoms with van der Waals surface area (Å²) < 4.78 is 4.93. The highest BCUT2D eigenvalue weighted by atomic mass is 32.1. The molecular formula is C21H23N3O3S2. The summed E-state index contributed by atoms with van der Waals surface area (Å²) >= 11 is 2.71. The van der Waals surface area contributed by atoms with Crippen LogP contribution in [-0.4, -0.2) is 42.0 Å². The third-order valence-electron chi connectivity index (χ3n) is 5.09. The monoisotopic (exact) mass is 429 g/mol. The lowest BCUT2D eigenvalue weighted by atomic mass is 10.2. The lowest BCUT2D eigenvalue weighted by Crippen LogP contribution is -2.24. The summed E-state index contributed by atoms with van der Waals surface area (Å²) in [4.78, 5) is 33.2. The molecule has 1 N–H and O–H groups in total. The molecule has 1 amide bonds. The number of nitrogens with one attached hydrogen (secondary N) is 1. The van der Waals surface area contributed by atoms with Gasteiger partial charge in [-0.25, -0.2) is 9.78 Å². The topological polar surface area (TPSA) is 71.5 Å². The van der Waals surface area contributed by atoms with Crippen molar-refractivity contribution in [1.29, 1.82) is 0 Å². The van der Waals surface area contributed by atoms with Gasteiger partial charge in [0, 0.05) is 17.3 Å². The van der Waals surface area contributed by atoms with E-state index in [4.69, 9.17) is 9.72 Å². The summed E-state index contributed by atoms with van der Waals surface area (Å²) in [5.74, 6) is -0.715. The van der Waals surface area contributed by atoms with Crippen molar-refractivity contribution >= 4 is 50.5 Å². The van der Waals surface area contributed by atoms with Crippen LogP contribution in [0.1, 0.15) is 51.4 Å². The van der Waals surface area contributed by atoms with E-state index in [0.717, 1.165) is 35.5 Å². The van der Waals surface area contributed by atoms with Gasteiger partial charge >= 0.3 is 5.97 Å². The van der Waals surface area contributed by atoms with Crippen molar-refractivity contribution in [3.8, 4) is 0 Å². The van der Waals surface area contributed by atoms with E-state index in [0.29, 0.717) is 16.1 Å². The summed E-state index contributed by atoms with van der Waals surface area (Å²) in [6.07, 6.45) is 5.05. The van der Waals surface area contributed by atoms with Crippen LogP contribution in [0, 0.1) is 0 Å². The molecule has 8 heteroatoms. The van der Waals surface area contributed by atoms with Crippen molar-refractivity contribution < 1.29 is 14.3 Å². The van der Waals surface area contributed by atoms with E-state index in [9.17, 15) is 9.59 Å². The van der Waals surface area contributed by atoms with Crippen LogP contribution in [-0.2, 0) is 11.3 Å². The number of carbonyl (C=O) groups is 2. The van der Waals surface area contributed by atoms with Gasteiger partial charge in [0.1, 0.15) is 9.71 Å². The minimum Gasteiger partial charge on any atom is -0.465 e. The van der Waals surface area contributed by atoms with Crippen molar-refractivity contribution in [3.63, 3.8) is 0 Å². The predicted molar refractivity (Wildman–Crippen MR) is 117 cm³/mol. The molecule has 1 aliphatic heterocycles. The quantitative estimate of drug-likeness (QED) is 0.592. The maximum atomic E-state index is 12.6. The first-order valence-electron chi connectivity index (χ1n) is 9.72. The molecule has 29 heavy (non-hydrogen) atoms. The van der Waals surface area contributed by atoms with E-state index in [1.165, 1.54) is 55.5 Å². The number of methoxy groups -OCH3 is 1. The average Bonchev–Trinajstić information content (AvgIpc) is 3.31. The van der Waals surface area contributed by atoms with Crippen LogP contribution in [0.15, 0.2) is 29.0 Å². The van der Waals surface area contributed by atoms with Crippen LogP contribution in [0.5, 0.6) is 0 Å². The third kappa shape index (κ3) is 4.49. The van der Waals surface area contributed by atoms with Crippen molar-refractivity contribution in [2.45, 2.75) is 32.2 Å². The molecule has 0 bridgehead atoms. The summed E-state index contributed by atoms with van der Waals surface area (Å²) in [6, 6.07) is 5.69. The molecule has 0 aliphatic carbocycles. The molecule has 4 heterocycles. The minimum atomic E-state index is -0.470. The molecular weight excluding hydrogens is 406 g/mol. The second kappa shape index (κ2) is 9.02. The van der Waals surface area contributed by atoms with Gasteiger partial charge in [-0.05, 0) is 49.5 Å². The highest BCUT2D eigenvalue weighted by Gasteiger charge is 2.23. The number of rotatable bonds is 5. The molecule has 0 unspecified atom stereocenters. The van der Waals surface area contributed by atoms with Crippen molar-refractivity contribution in [2.75, 3.05) is 25.5 Å². The van der Waals surface area contributed by atoms with Gasteiger partial charge in [-0.2, -0.15) is 11.3 Å². The number of aromatic nitrogens is 1. The predicted octanol–water partition coefficient (Wildman–Crippen LogP) is 4.77. The van der Waals surface area contributed by atoms with E-state index in [-0.39, 0.29) is 5.91 Å². The first-order chi connectivity index (χ1) is 14.2. The van der Waals surface area contributed by atoms with Gasteiger partial charge in [-0.3, -0.25) is 9.69 Å². The van der Waals surface area contributed by atoms with E-state index in [2.05, 4.69) is 10.2 Å². The normalized spacial score (nSPS) is 15.2. The van der Waals surface area contributed by atoms with E-state index in [1.807, 2.05) is 17.5 Å². The fraction of sp³-hybridized carbons (Fsp3) is 0.381. The Morgan fingerprint density at radius 1 is 1.17 bits per heavy atom. The molecule has 0 saturated carbocycles. The van der Waals surface area contributed by atoms with Gasteiger partial charge in [-0.15, -0.1) is 11.3 Å². The van der Waals surface area contributed by atoms with E-state index >= 15 is 0 Å². The number of carbonyl (C=O) groups excluding carboxylic acids is 2. The van der Waals surface area contributed by atoms with Crippen molar-refractivity contribution in [2.24, 2.45) is 0 Å². The Balaban J connectivity index is 1.64. The number of esters is 1. The second-order valence-electron chi connectivity index (χ2n) is 7.11. The van der Waals surface area contributed by atoms with E-state index in [1.54, 1.807) is 11.4 Å². The highest BCUT2D eigenvalue weighted by molar-refractivity contribution is 7.21. The molecule has 4 rings (SSSR count). The zero-order chi connectivity index (χ0) is 20.2. The first kappa shape index (κ1) is 20.0. The molecule has 0 spiro atoms. The number of amides is 1. The van der Waals surface area contributed by atoms with Gasteiger partial charge in [0.05, 0.1) is 24.1 Å². The largest absolute Gasteiger partial charge is 0.465 e. The lowest BCUT2D eigenvalue weighted by molar-refractivity contribution is 0.0607. The van der Waals surface area contributed by atoms with Gasteiger partial charge in [0.25, 0.3) is 5.91 Å². The number of thiophene rings is 2. The lowest BCUT2D eigenvalue weighted by Gasteiger charge is -2.19. The standard InChI is InChI=1S/C21H23N3O3S2/c1-27-21(26)18-17(23-19(25)14-8-11-28-13-14)16-7-6-15(22-20(16)29-18)12-24-9-4-2-3-5-10-24/h6-8,11,13H,2-5,9-10,12H2,1H3,(H,23,25). The van der Waals surface area contributed by atoms with Crippen molar-refractivity contribution in [3.05, 3.63) is 45.1 Å². The fourth-order valence-electron chi connectivity index (χ4n) is 3.57. The van der Waals surface area contributed by atoms with Gasteiger partial charge < -0.3 is 10.1 Å². The molecule has 1 fully saturated rings. The van der Waals surface area contributed by atoms with Crippen LogP contribution >= 0.6 is 22.7 Å². The summed E-state index contributed by atoms with van der Waals surface area (Å²) in [5.41, 5.74) is 2.02. The molecule has 3 aromatic heterocycles. The molecule has 1 aliphatic rings. The summed E-state index contributed by atoms with van der Waals surface area (Å²) in [6.45, 7) is 3.00. The van der Waals surface area contributed by atoms with Crippen LogP contribution in [0.2, 0.25) is 0 Å². The van der Waals surface area contributed by atoms with Crippen LogP contribution in [0.25, 0.3) is 10.2 Å². The minimum absolute atomic E-state index is 0.246. The molecule has 1 saturated heterocycles. The first-order valence-corrected chi connectivity index (χ1v) is 11.5. The highest BCUT2D eigenvalue weighted by Crippen LogP contribution is 2.36. The number of fused-ring (bicyclic) bond motifs is 1. The number of ether oxygens (including phenoxy) is 1. The smallest absolute Gasteiger partial charge is 0.350 e. The Bertz CT molecular complexity index is 1010. The SMILES string of the molecule is COC(=O)c1sc2nc(CN3CCCCCC3)ccc2c1NC(=O)c1ccsc1. The number of pyridine rings is 1.